The molecule has 1 unspecified atom stereocenters. The highest BCUT2D eigenvalue weighted by Crippen LogP contribution is 2.37. The number of para-hydroxylation sites is 1. The largest absolute Gasteiger partial charge is 0.493 e. The van der Waals surface area contributed by atoms with E-state index < -0.39 is 6.04 Å². The SMILES string of the molecule is CCCCC(C(=O)Oc1c(OC)cccc1OC)N(CCOC)CCOC. The molecule has 0 amide bonds. The number of ether oxygens (including phenoxy) is 5. The molecule has 7 heteroatoms. The first-order valence-corrected chi connectivity index (χ1v) is 9.27. The first kappa shape index (κ1) is 23.2. The van der Waals surface area contributed by atoms with E-state index >= 15 is 0 Å². The molecule has 7 nitrogen and oxygen atoms in total. The number of benzene rings is 1. The summed E-state index contributed by atoms with van der Waals surface area (Å²) in [5.74, 6) is 0.875. The Kier molecular flexibility index (Phi) is 11.5. The molecule has 27 heavy (non-hydrogen) atoms. The zero-order valence-electron chi connectivity index (χ0n) is 17.2. The topological polar surface area (TPSA) is 66.5 Å². The molecule has 0 aromatic heterocycles. The van der Waals surface area contributed by atoms with Crippen molar-refractivity contribution in [1.82, 2.24) is 4.90 Å². The van der Waals surface area contributed by atoms with Gasteiger partial charge in [0.25, 0.3) is 0 Å². The quantitative estimate of drug-likeness (QED) is 0.361. The van der Waals surface area contributed by atoms with E-state index in [1.807, 2.05) is 4.90 Å². The smallest absolute Gasteiger partial charge is 0.329 e. The third-order valence-corrected chi connectivity index (χ3v) is 4.29. The van der Waals surface area contributed by atoms with Gasteiger partial charge < -0.3 is 23.7 Å². The van der Waals surface area contributed by atoms with Crippen molar-refractivity contribution in [3.05, 3.63) is 18.2 Å². The predicted molar refractivity (Wildman–Crippen MR) is 104 cm³/mol. The summed E-state index contributed by atoms with van der Waals surface area (Å²) in [7, 11) is 6.36. The van der Waals surface area contributed by atoms with Gasteiger partial charge in [0.2, 0.25) is 5.75 Å². The molecule has 1 atom stereocenters. The van der Waals surface area contributed by atoms with E-state index in [2.05, 4.69) is 6.92 Å². The van der Waals surface area contributed by atoms with Gasteiger partial charge in [0.1, 0.15) is 6.04 Å². The third kappa shape index (κ3) is 7.36. The Balaban J connectivity index is 3.05. The molecular weight excluding hydrogens is 350 g/mol. The van der Waals surface area contributed by atoms with Crippen LogP contribution in [0.5, 0.6) is 17.2 Å². The summed E-state index contributed by atoms with van der Waals surface area (Å²) < 4.78 is 26.8. The standard InChI is InChI=1S/C20H33NO6/c1-6-7-9-16(21(12-14-23-2)13-15-24-3)20(22)27-19-17(25-4)10-8-11-18(19)26-5/h8,10-11,16H,6-7,9,12-15H2,1-5H3. The van der Waals surface area contributed by atoms with E-state index in [0.717, 1.165) is 12.8 Å². The zero-order chi connectivity index (χ0) is 20.1. The number of carbonyl (C=O) groups is 1. The summed E-state index contributed by atoms with van der Waals surface area (Å²) >= 11 is 0. The number of unbranched alkanes of at least 4 members (excludes halogenated alkanes) is 1. The van der Waals surface area contributed by atoms with Crippen molar-refractivity contribution < 1.29 is 28.5 Å². The Morgan fingerprint density at radius 1 is 1.00 bits per heavy atom. The average molecular weight is 383 g/mol. The lowest BCUT2D eigenvalue weighted by Gasteiger charge is -2.30. The van der Waals surface area contributed by atoms with Gasteiger partial charge in [-0.05, 0) is 18.6 Å². The monoisotopic (exact) mass is 383 g/mol. The van der Waals surface area contributed by atoms with Gasteiger partial charge in [-0.25, -0.2) is 4.79 Å². The molecule has 1 aromatic carbocycles. The number of methoxy groups -OCH3 is 4. The molecule has 0 N–H and O–H groups in total. The van der Waals surface area contributed by atoms with Gasteiger partial charge in [-0.2, -0.15) is 0 Å². The Labute approximate surface area is 162 Å². The second-order valence-electron chi connectivity index (χ2n) is 6.09. The molecule has 0 spiro atoms. The van der Waals surface area contributed by atoms with Crippen LogP contribution in [0.25, 0.3) is 0 Å². The van der Waals surface area contributed by atoms with Crippen molar-refractivity contribution in [2.75, 3.05) is 54.7 Å². The fourth-order valence-corrected chi connectivity index (χ4v) is 2.77. The van der Waals surface area contributed by atoms with Crippen LogP contribution in [-0.2, 0) is 14.3 Å². The Morgan fingerprint density at radius 3 is 2.00 bits per heavy atom. The van der Waals surface area contributed by atoms with Crippen LogP contribution in [0.3, 0.4) is 0 Å². The highest BCUT2D eigenvalue weighted by molar-refractivity contribution is 5.79. The first-order valence-electron chi connectivity index (χ1n) is 9.27. The maximum atomic E-state index is 13.1. The molecule has 154 valence electrons. The third-order valence-electron chi connectivity index (χ3n) is 4.29. The van der Waals surface area contributed by atoms with Crippen molar-refractivity contribution in [3.63, 3.8) is 0 Å². The number of hydrogen-bond acceptors (Lipinski definition) is 7. The maximum absolute atomic E-state index is 13.1. The summed E-state index contributed by atoms with van der Waals surface area (Å²) in [6.45, 7) is 4.38. The second kappa shape index (κ2) is 13.4. The molecule has 0 saturated heterocycles. The summed E-state index contributed by atoms with van der Waals surface area (Å²) in [5.41, 5.74) is 0. The van der Waals surface area contributed by atoms with Crippen LogP contribution in [0, 0.1) is 0 Å². The van der Waals surface area contributed by atoms with E-state index in [4.69, 9.17) is 23.7 Å². The maximum Gasteiger partial charge on any atom is 0.329 e. The van der Waals surface area contributed by atoms with Gasteiger partial charge >= 0.3 is 5.97 Å². The van der Waals surface area contributed by atoms with E-state index in [-0.39, 0.29) is 5.97 Å². The molecule has 0 radical (unpaired) electrons. The van der Waals surface area contributed by atoms with Crippen molar-refractivity contribution >= 4 is 5.97 Å². The van der Waals surface area contributed by atoms with Crippen LogP contribution in [0.15, 0.2) is 18.2 Å². The van der Waals surface area contributed by atoms with Gasteiger partial charge in [0.05, 0.1) is 27.4 Å². The minimum absolute atomic E-state index is 0.299. The molecule has 1 aromatic rings. The van der Waals surface area contributed by atoms with Crippen LogP contribution < -0.4 is 14.2 Å². The summed E-state index contributed by atoms with van der Waals surface area (Å²) in [4.78, 5) is 15.1. The average Bonchev–Trinajstić information content (AvgIpc) is 2.69. The number of carbonyl (C=O) groups excluding carboxylic acids is 1. The van der Waals surface area contributed by atoms with E-state index in [1.165, 1.54) is 14.2 Å². The molecule has 0 heterocycles. The Hall–Kier alpha value is -1.83. The zero-order valence-corrected chi connectivity index (χ0v) is 17.2. The van der Waals surface area contributed by atoms with Crippen LogP contribution in [0.2, 0.25) is 0 Å². The van der Waals surface area contributed by atoms with Gasteiger partial charge in [-0.15, -0.1) is 0 Å². The van der Waals surface area contributed by atoms with Gasteiger partial charge in [-0.3, -0.25) is 4.90 Å². The van der Waals surface area contributed by atoms with Crippen LogP contribution in [-0.4, -0.2) is 71.7 Å². The summed E-state index contributed by atoms with van der Waals surface area (Å²) in [6.07, 6.45) is 2.60. The Bertz CT molecular complexity index is 521. The molecule has 0 bridgehead atoms. The first-order chi connectivity index (χ1) is 13.1. The van der Waals surface area contributed by atoms with Gasteiger partial charge in [-0.1, -0.05) is 25.8 Å². The van der Waals surface area contributed by atoms with Crippen LogP contribution >= 0.6 is 0 Å². The normalized spacial score (nSPS) is 12.1. The molecule has 0 aliphatic carbocycles. The van der Waals surface area contributed by atoms with Crippen molar-refractivity contribution in [2.45, 2.75) is 32.2 Å². The number of nitrogens with zero attached hydrogens (tertiary/aromatic N) is 1. The minimum Gasteiger partial charge on any atom is -0.493 e. The predicted octanol–water partition coefficient (Wildman–Crippen LogP) is 2.76. The minimum atomic E-state index is -0.398. The van der Waals surface area contributed by atoms with Crippen molar-refractivity contribution in [3.8, 4) is 17.2 Å². The fraction of sp³-hybridized carbons (Fsp3) is 0.650. The molecule has 0 aliphatic heterocycles. The Morgan fingerprint density at radius 2 is 1.56 bits per heavy atom. The lowest BCUT2D eigenvalue weighted by molar-refractivity contribution is -0.141. The molecule has 0 fully saturated rings. The fourth-order valence-electron chi connectivity index (χ4n) is 2.77. The van der Waals surface area contributed by atoms with E-state index in [9.17, 15) is 4.79 Å². The summed E-state index contributed by atoms with van der Waals surface area (Å²) in [5, 5.41) is 0. The van der Waals surface area contributed by atoms with Gasteiger partial charge in [0.15, 0.2) is 11.5 Å². The molecule has 0 aliphatic rings. The van der Waals surface area contributed by atoms with Crippen LogP contribution in [0.1, 0.15) is 26.2 Å². The molecule has 0 saturated carbocycles. The van der Waals surface area contributed by atoms with Gasteiger partial charge in [0, 0.05) is 27.3 Å². The number of rotatable bonds is 14. The highest BCUT2D eigenvalue weighted by atomic mass is 16.6. The number of esters is 1. The van der Waals surface area contributed by atoms with Crippen molar-refractivity contribution in [2.24, 2.45) is 0 Å². The van der Waals surface area contributed by atoms with Crippen LogP contribution in [0.4, 0.5) is 0 Å². The van der Waals surface area contributed by atoms with E-state index in [1.54, 1.807) is 32.4 Å². The lowest BCUT2D eigenvalue weighted by Crippen LogP contribution is -2.46. The van der Waals surface area contributed by atoms with Crippen molar-refractivity contribution in [1.29, 1.82) is 0 Å². The highest BCUT2D eigenvalue weighted by Gasteiger charge is 2.29. The molecule has 1 rings (SSSR count). The molecular formula is C20H33NO6. The summed E-state index contributed by atoms with van der Waals surface area (Å²) in [6, 6.07) is 4.86. The van der Waals surface area contributed by atoms with E-state index in [0.29, 0.717) is 50.0 Å². The second-order valence-corrected chi connectivity index (χ2v) is 6.09. The number of hydrogen-bond donors (Lipinski definition) is 0. The lowest BCUT2D eigenvalue weighted by atomic mass is 10.1.